The lowest BCUT2D eigenvalue weighted by atomic mass is 9.87. The summed E-state index contributed by atoms with van der Waals surface area (Å²) in [7, 11) is 0. The van der Waals surface area contributed by atoms with Crippen LogP contribution < -0.4 is 18.9 Å². The fourth-order valence-electron chi connectivity index (χ4n) is 6.70. The molecule has 8 rings (SSSR count). The molecular weight excluding hydrogens is 991 g/mol. The van der Waals surface area contributed by atoms with Crippen LogP contribution in [0, 0.1) is 0 Å². The van der Waals surface area contributed by atoms with Crippen molar-refractivity contribution in [3.8, 4) is 34.5 Å². The molecule has 0 unspecified atom stereocenters. The minimum atomic E-state index is -0.223. The van der Waals surface area contributed by atoms with Crippen LogP contribution in [0.15, 0.2) is 112 Å². The molecule has 0 saturated heterocycles. The molecule has 5 aromatic carbocycles. The number of para-hydroxylation sites is 2. The van der Waals surface area contributed by atoms with E-state index in [1.807, 2.05) is 24.3 Å². The number of phenolic OH excluding ortho intramolecular Hbond substituents is 2. The molecule has 14 heteroatoms. The molecule has 0 atom stereocenters. The van der Waals surface area contributed by atoms with Crippen LogP contribution in [0.4, 0.5) is 0 Å². The summed E-state index contributed by atoms with van der Waals surface area (Å²) in [6.45, 7) is 27.4. The van der Waals surface area contributed by atoms with E-state index in [1.54, 1.807) is 0 Å². The minimum absolute atomic E-state index is 0.194. The Morgan fingerprint density at radius 1 is 0.394 bits per heavy atom. The van der Waals surface area contributed by atoms with Gasteiger partial charge in [-0.15, -0.1) is 46.4 Å². The van der Waals surface area contributed by atoms with E-state index in [4.69, 9.17) is 65.4 Å². The van der Waals surface area contributed by atoms with Gasteiger partial charge in [-0.25, -0.2) is 0 Å². The number of fused-ring (bicyclic) bond motifs is 6. The first-order chi connectivity index (χ1) is 30.9. The molecule has 3 aliphatic heterocycles. The zero-order valence-electron chi connectivity index (χ0n) is 39.8. The largest absolute Gasteiger partial charge is 0.506 e. The van der Waals surface area contributed by atoms with Crippen LogP contribution in [0.1, 0.15) is 105 Å². The van der Waals surface area contributed by atoms with Crippen molar-refractivity contribution in [3.05, 3.63) is 95.1 Å². The quantitative estimate of drug-likeness (QED) is 0.144. The van der Waals surface area contributed by atoms with Gasteiger partial charge in [0.2, 0.25) is 0 Å². The molecule has 0 aliphatic carbocycles. The second kappa shape index (κ2) is 22.9. The lowest BCUT2D eigenvalue weighted by molar-refractivity contribution is 0.187. The number of hydrogen-bond acceptors (Lipinski definition) is 10. The monoisotopic (exact) mass is 1050 g/mol. The normalized spacial score (nSPS) is 14.3. The molecule has 0 fully saturated rings. The summed E-state index contributed by atoms with van der Waals surface area (Å²) >= 11 is 25.1. The highest BCUT2D eigenvalue weighted by Gasteiger charge is 2.30. The smallest absolute Gasteiger partial charge is 0.161 e. The van der Waals surface area contributed by atoms with Gasteiger partial charge in [0.15, 0.2) is 11.5 Å². The summed E-state index contributed by atoms with van der Waals surface area (Å²) in [5.74, 6) is 2.97. The van der Waals surface area contributed by atoms with Crippen molar-refractivity contribution in [3.63, 3.8) is 0 Å². The number of benzene rings is 5. The van der Waals surface area contributed by atoms with E-state index in [0.717, 1.165) is 61.4 Å². The topological polar surface area (TPSA) is 77.4 Å². The van der Waals surface area contributed by atoms with Crippen LogP contribution in [-0.2, 0) is 21.7 Å². The van der Waals surface area contributed by atoms with Crippen molar-refractivity contribution in [2.45, 2.75) is 144 Å². The van der Waals surface area contributed by atoms with E-state index in [1.165, 1.54) is 47.0 Å². The number of hydrogen-bond donors (Lipinski definition) is 2. The number of ether oxygens (including phenoxy) is 4. The van der Waals surface area contributed by atoms with Gasteiger partial charge in [0.1, 0.15) is 49.4 Å². The summed E-state index contributed by atoms with van der Waals surface area (Å²) in [4.78, 5) is 6.34. The maximum Gasteiger partial charge on any atom is 0.161 e. The van der Waals surface area contributed by atoms with Crippen LogP contribution in [-0.4, -0.2) is 47.3 Å². The Labute approximate surface area is 429 Å². The summed E-state index contributed by atoms with van der Waals surface area (Å²) < 4.78 is 26.3. The summed E-state index contributed by atoms with van der Waals surface area (Å²) in [5.41, 5.74) is 3.53. The summed E-state index contributed by atoms with van der Waals surface area (Å²) in [6, 6.07) is 24.9. The molecule has 10 bridgehead atoms. The predicted molar refractivity (Wildman–Crippen MR) is 282 cm³/mol. The van der Waals surface area contributed by atoms with E-state index < -0.39 is 0 Å². The van der Waals surface area contributed by atoms with Gasteiger partial charge in [0.25, 0.3) is 0 Å². The van der Waals surface area contributed by atoms with Crippen molar-refractivity contribution in [2.75, 3.05) is 37.1 Å². The number of aromatic hydroxyl groups is 2. The number of alkyl halides is 4. The second-order valence-electron chi connectivity index (χ2n) is 19.7. The van der Waals surface area contributed by atoms with Crippen molar-refractivity contribution < 1.29 is 29.2 Å². The predicted octanol–water partition coefficient (Wildman–Crippen LogP) is 17.3. The first kappa shape index (κ1) is 54.4. The maximum atomic E-state index is 12.4. The number of halogens is 4. The molecule has 3 aliphatic rings. The van der Waals surface area contributed by atoms with Gasteiger partial charge in [0, 0.05) is 0 Å². The molecule has 358 valence electrons. The van der Waals surface area contributed by atoms with E-state index in [0.29, 0.717) is 23.0 Å². The fourth-order valence-corrected chi connectivity index (χ4v) is 11.3. The van der Waals surface area contributed by atoms with Gasteiger partial charge >= 0.3 is 0 Å². The second-order valence-corrected chi connectivity index (χ2v) is 25.6. The zero-order chi connectivity index (χ0) is 48.8. The van der Waals surface area contributed by atoms with Gasteiger partial charge in [-0.3, -0.25) is 0 Å². The summed E-state index contributed by atoms with van der Waals surface area (Å²) in [6.07, 6.45) is 0. The third-order valence-corrected chi connectivity index (χ3v) is 14.7. The SMILES string of the molecule is CC(C)(C)c1cc2c(O)c(c1)Sc1cc(C(C)(C)C)cc3c1OCCOc1ccccc1OCCOc1c(cc(C(C)(C)C)cc1Sc1cc(C(C)(C)C)cc(c1O)S3)S2.ClCCl.ClCCl. The van der Waals surface area contributed by atoms with Crippen LogP contribution in [0.5, 0.6) is 34.5 Å². The van der Waals surface area contributed by atoms with Gasteiger partial charge < -0.3 is 29.2 Å². The Morgan fingerprint density at radius 2 is 0.606 bits per heavy atom. The molecule has 5 aromatic rings. The molecule has 6 nitrogen and oxygen atoms in total. The molecular formula is C52H62Cl4O6S4. The molecule has 0 radical (unpaired) electrons. The van der Waals surface area contributed by atoms with Gasteiger partial charge in [-0.1, -0.05) is 142 Å². The molecule has 66 heavy (non-hydrogen) atoms. The fraction of sp³-hybridized carbons (Fsp3) is 0.423. The molecule has 0 spiro atoms. The average molecular weight is 1050 g/mol. The van der Waals surface area contributed by atoms with Crippen LogP contribution in [0.2, 0.25) is 0 Å². The van der Waals surface area contributed by atoms with Crippen LogP contribution in [0.3, 0.4) is 0 Å². The third kappa shape index (κ3) is 14.0. The Morgan fingerprint density at radius 3 is 0.833 bits per heavy atom. The Hall–Kier alpha value is -2.54. The molecule has 0 saturated carbocycles. The third-order valence-electron chi connectivity index (χ3n) is 10.5. The average Bonchev–Trinajstić information content (AvgIpc) is 3.21. The Balaban J connectivity index is 0.00000129. The van der Waals surface area contributed by atoms with E-state index in [2.05, 4.69) is 132 Å². The molecule has 0 amide bonds. The van der Waals surface area contributed by atoms with Crippen molar-refractivity contribution in [1.29, 1.82) is 0 Å². The highest BCUT2D eigenvalue weighted by atomic mass is 35.5. The van der Waals surface area contributed by atoms with Crippen LogP contribution in [0.25, 0.3) is 0 Å². The highest BCUT2D eigenvalue weighted by Crippen LogP contribution is 2.56. The Bertz CT molecular complexity index is 2200. The lowest BCUT2D eigenvalue weighted by Crippen LogP contribution is -2.14. The first-order valence-electron chi connectivity index (χ1n) is 21.6. The molecule has 2 N–H and O–H groups in total. The number of phenols is 2. The van der Waals surface area contributed by atoms with Crippen LogP contribution >= 0.6 is 93.5 Å². The zero-order valence-corrected chi connectivity index (χ0v) is 46.1. The van der Waals surface area contributed by atoms with Gasteiger partial charge in [-0.2, -0.15) is 0 Å². The van der Waals surface area contributed by atoms with Crippen molar-refractivity contribution >= 4 is 93.5 Å². The minimum Gasteiger partial charge on any atom is -0.506 e. The maximum absolute atomic E-state index is 12.4. The summed E-state index contributed by atoms with van der Waals surface area (Å²) in [5, 5.41) is 25.2. The standard InChI is InChI=1S/C50H58O6S4.2CH2Cl2/c1-47(2,3)29-21-35-43(51)36(22-29)58-40-26-32(50(10,11)12)28-42-46(40)56-20-18-54-34-16-14-13-15-33(34)53-17-19-55-45-39(57-35)25-31(49(7,8)9)27-41(45)59-37-23-30(48(4,5)6)24-38(60-42)44(37)52;2*2-1-3/h13-16,21-28,51-52H,17-20H2,1-12H3;2*1H2. The van der Waals surface area contributed by atoms with E-state index >= 15 is 0 Å². The lowest BCUT2D eigenvalue weighted by Gasteiger charge is -2.27. The molecule has 0 aromatic heterocycles. The highest BCUT2D eigenvalue weighted by molar-refractivity contribution is 8.01. The van der Waals surface area contributed by atoms with Gasteiger partial charge in [0.05, 0.1) is 49.8 Å². The number of rotatable bonds is 0. The van der Waals surface area contributed by atoms with Gasteiger partial charge in [-0.05, 0) is 105 Å². The Kier molecular flexibility index (Phi) is 18.9. The van der Waals surface area contributed by atoms with E-state index in [9.17, 15) is 10.2 Å². The first-order valence-corrected chi connectivity index (χ1v) is 27.0. The van der Waals surface area contributed by atoms with E-state index in [-0.39, 0.29) is 70.3 Å². The molecule has 3 heterocycles. The van der Waals surface area contributed by atoms with Crippen molar-refractivity contribution in [1.82, 2.24) is 0 Å². The van der Waals surface area contributed by atoms with Crippen molar-refractivity contribution in [2.24, 2.45) is 0 Å².